The molecule has 12 aromatic rings. The topological polar surface area (TPSA) is 0 Å². The van der Waals surface area contributed by atoms with Gasteiger partial charge < -0.3 is 0 Å². The first kappa shape index (κ1) is 55.5. The van der Waals surface area contributed by atoms with E-state index in [1.54, 1.807) is 0 Å². The van der Waals surface area contributed by atoms with Gasteiger partial charge in [0.1, 0.15) is 0 Å². The number of hydrogen-bond donors (Lipinski definition) is 0. The van der Waals surface area contributed by atoms with Gasteiger partial charge in [-0.1, -0.05) is 300 Å². The molecule has 0 atom stereocenters. The average molecular weight is 1120 g/mol. The molecule has 0 fully saturated rings. The Labute approximate surface area is 512 Å². The van der Waals surface area contributed by atoms with Gasteiger partial charge in [-0.05, 0) is 204 Å². The molecule has 426 valence electrons. The Bertz CT molecular complexity index is 4120. The van der Waals surface area contributed by atoms with Gasteiger partial charge in [0.25, 0.3) is 0 Å². The van der Waals surface area contributed by atoms with E-state index in [2.05, 4.69) is 260 Å². The minimum absolute atomic E-state index is 0.202. The van der Waals surface area contributed by atoms with Crippen LogP contribution in [-0.2, 0) is 23.7 Å². The number of unbranched alkanes of at least 4 members (excludes halogenated alkanes) is 10. The summed E-state index contributed by atoms with van der Waals surface area (Å²) in [7, 11) is 0. The van der Waals surface area contributed by atoms with Crippen molar-refractivity contribution < 1.29 is 0 Å². The second-order valence-electron chi connectivity index (χ2n) is 26.4. The summed E-state index contributed by atoms with van der Waals surface area (Å²) in [4.78, 5) is 0. The van der Waals surface area contributed by atoms with E-state index in [9.17, 15) is 0 Å². The summed E-state index contributed by atoms with van der Waals surface area (Å²) >= 11 is 0. The molecule has 2 aliphatic carbocycles. The van der Waals surface area contributed by atoms with Gasteiger partial charge in [-0.3, -0.25) is 0 Å². The summed E-state index contributed by atoms with van der Waals surface area (Å²) in [5.74, 6) is 0. The predicted octanol–water partition coefficient (Wildman–Crippen LogP) is 25.1. The molecule has 2 aliphatic rings. The van der Waals surface area contributed by atoms with Gasteiger partial charge in [0.05, 0.1) is 0 Å². The van der Waals surface area contributed by atoms with Gasteiger partial charge in [-0.15, -0.1) is 0 Å². The van der Waals surface area contributed by atoms with E-state index >= 15 is 0 Å². The normalized spacial score (nSPS) is 13.6. The summed E-state index contributed by atoms with van der Waals surface area (Å²) in [5, 5.41) is 10.4. The number of aryl methyl sites for hydroxylation is 2. The number of benzene rings is 12. The van der Waals surface area contributed by atoms with Crippen LogP contribution < -0.4 is 0 Å². The first-order valence-electron chi connectivity index (χ1n) is 32.8. The molecule has 0 unspecified atom stereocenters. The molecule has 0 aliphatic heterocycles. The van der Waals surface area contributed by atoms with Crippen molar-refractivity contribution in [2.75, 3.05) is 0 Å². The minimum atomic E-state index is -0.202. The van der Waals surface area contributed by atoms with E-state index in [0.717, 1.165) is 12.8 Å². The molecule has 0 N–H and O–H groups in total. The van der Waals surface area contributed by atoms with Crippen molar-refractivity contribution in [1.29, 1.82) is 0 Å². The second-order valence-corrected chi connectivity index (χ2v) is 26.4. The van der Waals surface area contributed by atoms with Gasteiger partial charge in [0.15, 0.2) is 0 Å². The highest BCUT2D eigenvalue weighted by Crippen LogP contribution is 2.55. The van der Waals surface area contributed by atoms with Crippen molar-refractivity contribution in [3.05, 3.63) is 252 Å². The van der Waals surface area contributed by atoms with Crippen molar-refractivity contribution in [1.82, 2.24) is 0 Å². The molecule has 0 saturated carbocycles. The third-order valence-corrected chi connectivity index (χ3v) is 20.2. The van der Waals surface area contributed by atoms with Crippen LogP contribution in [0.1, 0.15) is 152 Å². The van der Waals surface area contributed by atoms with E-state index in [0.29, 0.717) is 0 Å². The molecule has 0 heteroatoms. The Morgan fingerprint density at radius 3 is 0.756 bits per heavy atom. The molecule has 0 nitrogen and oxygen atoms in total. The van der Waals surface area contributed by atoms with E-state index in [4.69, 9.17) is 0 Å². The molecule has 0 radical (unpaired) electrons. The number of fused-ring (bicyclic) bond motifs is 10. The van der Waals surface area contributed by atoms with Crippen LogP contribution >= 0.6 is 0 Å². The first-order valence-corrected chi connectivity index (χ1v) is 32.8. The summed E-state index contributed by atoms with van der Waals surface area (Å²) in [6.45, 7) is 14.3. The van der Waals surface area contributed by atoms with Crippen molar-refractivity contribution in [3.8, 4) is 77.9 Å². The van der Waals surface area contributed by atoms with Crippen LogP contribution in [-0.4, -0.2) is 0 Å². The zero-order chi connectivity index (χ0) is 58.5. The third-order valence-electron chi connectivity index (χ3n) is 20.2. The molecular weight excluding hydrogens is 1030 g/mol. The standard InChI is InChI=1S/C86H82/c1-7-9-11-13-15-17-27-57-37-41-59(42-38-57)81-69-29-19-23-33-73(69)83(74-34-24-20-30-70(74)81)63-47-51-67-65-49-45-61(53-77(65)85(3,4)79(67)55-63)62-46-50-66-68-52-48-64(56-80(68)86(5,6)78(66)54-62)84-75-35-25-21-31-71(75)82(72-32-22-26-36-76(72)84)60-43-39-58(40-44-60)28-18-16-14-12-10-8-2/h19-26,29-56H,7-18,27-28H2,1-6H3. The van der Waals surface area contributed by atoms with Crippen LogP contribution in [0, 0.1) is 0 Å². The fourth-order valence-electron chi connectivity index (χ4n) is 15.5. The van der Waals surface area contributed by atoms with Crippen LogP contribution in [0.5, 0.6) is 0 Å². The highest BCUT2D eigenvalue weighted by molar-refractivity contribution is 6.23. The maximum absolute atomic E-state index is 2.53. The lowest BCUT2D eigenvalue weighted by atomic mass is 9.79. The Morgan fingerprint density at radius 2 is 0.465 bits per heavy atom. The maximum atomic E-state index is 2.53. The number of hydrogen-bond acceptors (Lipinski definition) is 0. The lowest BCUT2D eigenvalue weighted by Gasteiger charge is -2.24. The van der Waals surface area contributed by atoms with Crippen molar-refractivity contribution >= 4 is 43.1 Å². The lowest BCUT2D eigenvalue weighted by molar-refractivity contribution is 0.607. The molecule has 14 rings (SSSR count). The van der Waals surface area contributed by atoms with Crippen LogP contribution in [0.15, 0.2) is 218 Å². The van der Waals surface area contributed by atoms with Gasteiger partial charge in [0.2, 0.25) is 0 Å². The lowest BCUT2D eigenvalue weighted by Crippen LogP contribution is -2.15. The highest BCUT2D eigenvalue weighted by Gasteiger charge is 2.38. The molecule has 0 saturated heterocycles. The van der Waals surface area contributed by atoms with Crippen LogP contribution in [0.4, 0.5) is 0 Å². The predicted molar refractivity (Wildman–Crippen MR) is 373 cm³/mol. The van der Waals surface area contributed by atoms with Crippen molar-refractivity contribution in [2.45, 2.75) is 142 Å². The first-order chi connectivity index (χ1) is 42.1. The Morgan fingerprint density at radius 1 is 0.233 bits per heavy atom. The van der Waals surface area contributed by atoms with E-state index in [1.807, 2.05) is 0 Å². The Kier molecular flexibility index (Phi) is 15.0. The summed E-state index contributed by atoms with van der Waals surface area (Å²) < 4.78 is 0. The molecular formula is C86H82. The number of rotatable bonds is 19. The van der Waals surface area contributed by atoms with Gasteiger partial charge in [-0.2, -0.15) is 0 Å². The quantitative estimate of drug-likeness (QED) is 0.0559. The van der Waals surface area contributed by atoms with E-state index in [1.165, 1.54) is 231 Å². The minimum Gasteiger partial charge on any atom is -0.0654 e. The van der Waals surface area contributed by atoms with Gasteiger partial charge >= 0.3 is 0 Å². The SMILES string of the molecule is CCCCCCCCc1ccc(-c2c3ccccc3c(-c3ccc4c(c3)C(C)(C)c3cc(-c5ccc6c(c5)C(C)(C)c5cc(-c7c8ccccc8c(-c8ccc(CCCCCCCC)cc8)c8ccccc78)ccc5-6)ccc3-4)c3ccccc23)cc1. The summed E-state index contributed by atoms with van der Waals surface area (Å²) in [5.41, 5.74) is 26.4. The molecule has 0 bridgehead atoms. The molecule has 0 aromatic heterocycles. The molecule has 0 spiro atoms. The highest BCUT2D eigenvalue weighted by atomic mass is 14.4. The zero-order valence-corrected chi connectivity index (χ0v) is 51.7. The molecule has 12 aromatic carbocycles. The van der Waals surface area contributed by atoms with E-state index < -0.39 is 0 Å². The van der Waals surface area contributed by atoms with Crippen molar-refractivity contribution in [3.63, 3.8) is 0 Å². The average Bonchev–Trinajstić information content (AvgIpc) is 1.37. The summed E-state index contributed by atoms with van der Waals surface area (Å²) in [6, 6.07) is 84.8. The Hall–Kier alpha value is -8.32. The molecule has 0 heterocycles. The zero-order valence-electron chi connectivity index (χ0n) is 51.7. The van der Waals surface area contributed by atoms with Gasteiger partial charge in [0, 0.05) is 10.8 Å². The summed E-state index contributed by atoms with van der Waals surface area (Å²) in [6.07, 6.45) is 18.2. The van der Waals surface area contributed by atoms with Crippen LogP contribution in [0.2, 0.25) is 0 Å². The fourth-order valence-corrected chi connectivity index (χ4v) is 15.5. The van der Waals surface area contributed by atoms with E-state index in [-0.39, 0.29) is 10.8 Å². The van der Waals surface area contributed by atoms with Crippen LogP contribution in [0.25, 0.3) is 121 Å². The smallest absolute Gasteiger partial charge is 0.0159 e. The van der Waals surface area contributed by atoms with Crippen LogP contribution in [0.3, 0.4) is 0 Å². The second kappa shape index (κ2) is 23.2. The maximum Gasteiger partial charge on any atom is 0.0159 e. The fraction of sp³-hybridized carbons (Fsp3) is 0.256. The largest absolute Gasteiger partial charge is 0.0654 e. The van der Waals surface area contributed by atoms with Crippen molar-refractivity contribution in [2.24, 2.45) is 0 Å². The molecule has 86 heavy (non-hydrogen) atoms. The van der Waals surface area contributed by atoms with Gasteiger partial charge in [-0.25, -0.2) is 0 Å². The monoisotopic (exact) mass is 1110 g/mol. The Balaban J connectivity index is 0.760. The molecule has 0 amide bonds. The third kappa shape index (κ3) is 9.79.